The average molecular weight is 353 g/mol. The van der Waals surface area contributed by atoms with Crippen LogP contribution in [-0.2, 0) is 15.1 Å². The summed E-state index contributed by atoms with van der Waals surface area (Å²) in [5, 5.41) is 6.00. The predicted octanol–water partition coefficient (Wildman–Crippen LogP) is 1.78. The second kappa shape index (κ2) is 6.64. The van der Waals surface area contributed by atoms with Crippen LogP contribution in [0.3, 0.4) is 0 Å². The fourth-order valence-corrected chi connectivity index (χ4v) is 3.55. The first-order chi connectivity index (χ1) is 12.0. The minimum Gasteiger partial charge on any atom is -0.357 e. The van der Waals surface area contributed by atoms with Crippen molar-refractivity contribution in [1.29, 1.82) is 0 Å². The summed E-state index contributed by atoms with van der Waals surface area (Å²) in [7, 11) is 1.54. The molecule has 1 heterocycles. The first-order valence-electron chi connectivity index (χ1n) is 8.01. The molecule has 1 aliphatic rings. The van der Waals surface area contributed by atoms with Gasteiger partial charge >= 0.3 is 0 Å². The molecule has 0 saturated carbocycles. The van der Waals surface area contributed by atoms with Gasteiger partial charge in [0.2, 0.25) is 5.91 Å². The molecule has 0 spiro atoms. The van der Waals surface area contributed by atoms with Gasteiger partial charge in [-0.1, -0.05) is 60.7 Å². The van der Waals surface area contributed by atoms with Crippen LogP contribution in [0.5, 0.6) is 0 Å². The number of nitrogens with one attached hydrogen (secondary N) is 2. The summed E-state index contributed by atoms with van der Waals surface area (Å²) in [5.74, 6) is -0.527. The largest absolute Gasteiger partial charge is 0.357 e. The van der Waals surface area contributed by atoms with Gasteiger partial charge in [0.05, 0.1) is 0 Å². The van der Waals surface area contributed by atoms with E-state index < -0.39 is 11.6 Å². The van der Waals surface area contributed by atoms with Crippen molar-refractivity contribution in [1.82, 2.24) is 15.5 Å². The topological polar surface area (TPSA) is 61.4 Å². The Hall–Kier alpha value is -2.73. The van der Waals surface area contributed by atoms with Crippen LogP contribution in [-0.4, -0.2) is 34.9 Å². The molecule has 0 radical (unpaired) electrons. The third-order valence-corrected chi connectivity index (χ3v) is 4.78. The Bertz CT molecular complexity index is 768. The molecule has 2 N–H and O–H groups in total. The van der Waals surface area contributed by atoms with Crippen LogP contribution in [0, 0.1) is 0 Å². The van der Waals surface area contributed by atoms with Crippen LogP contribution in [0.2, 0.25) is 0 Å². The summed E-state index contributed by atoms with van der Waals surface area (Å²) in [6.45, 7) is 1.66. The molecular formula is C19H19N3O2S. The Kier molecular flexibility index (Phi) is 4.55. The van der Waals surface area contributed by atoms with Gasteiger partial charge in [-0.15, -0.1) is 0 Å². The number of nitrogens with zero attached hydrogens (tertiary/aromatic N) is 1. The maximum atomic E-state index is 13.5. The van der Waals surface area contributed by atoms with E-state index in [1.165, 1.54) is 11.9 Å². The molecule has 2 aromatic carbocycles. The molecule has 25 heavy (non-hydrogen) atoms. The van der Waals surface area contributed by atoms with Crippen LogP contribution in [0.1, 0.15) is 18.1 Å². The van der Waals surface area contributed by atoms with E-state index in [4.69, 9.17) is 12.2 Å². The highest BCUT2D eigenvalue weighted by atomic mass is 32.1. The van der Waals surface area contributed by atoms with Gasteiger partial charge < -0.3 is 10.6 Å². The Labute approximate surface area is 152 Å². The average Bonchev–Trinajstić information content (AvgIpc) is 2.93. The maximum Gasteiger partial charge on any atom is 0.264 e. The van der Waals surface area contributed by atoms with E-state index in [0.29, 0.717) is 0 Å². The zero-order valence-electron chi connectivity index (χ0n) is 14.0. The predicted molar refractivity (Wildman–Crippen MR) is 99.8 cm³/mol. The number of hydrogen-bond donors (Lipinski definition) is 2. The summed E-state index contributed by atoms with van der Waals surface area (Å²) < 4.78 is 0. The number of thiocarbonyl (C=S) groups is 1. The lowest BCUT2D eigenvalue weighted by Gasteiger charge is -2.29. The first-order valence-corrected chi connectivity index (χ1v) is 8.41. The van der Waals surface area contributed by atoms with Crippen LogP contribution in [0.25, 0.3) is 0 Å². The van der Waals surface area contributed by atoms with Crippen molar-refractivity contribution in [2.75, 3.05) is 7.05 Å². The van der Waals surface area contributed by atoms with Gasteiger partial charge in [0, 0.05) is 7.05 Å². The van der Waals surface area contributed by atoms with E-state index in [9.17, 15) is 9.59 Å². The standard InChI is InChI=1S/C19H19N3O2S/c1-13(16(23)20-2)22-17(24)19(21-18(22)25,14-9-5-3-6-10-14)15-11-7-4-8-12-15/h3-13H,1-2H3,(H,20,23)(H,21,25). The Balaban J connectivity index is 2.16. The summed E-state index contributed by atoms with van der Waals surface area (Å²) in [5.41, 5.74) is 0.419. The first kappa shape index (κ1) is 17.1. The molecule has 0 bridgehead atoms. The number of hydrogen-bond acceptors (Lipinski definition) is 3. The van der Waals surface area contributed by atoms with E-state index >= 15 is 0 Å². The SMILES string of the molecule is CNC(=O)C(C)N1C(=O)C(c2ccccc2)(c2ccccc2)NC1=S. The van der Waals surface area contributed by atoms with Gasteiger partial charge in [-0.05, 0) is 30.3 Å². The second-order valence-corrected chi connectivity index (χ2v) is 6.26. The number of likely N-dealkylation sites (N-methyl/N-ethyl adjacent to an activating group) is 1. The molecule has 1 atom stereocenters. The van der Waals surface area contributed by atoms with E-state index in [1.807, 2.05) is 60.7 Å². The van der Waals surface area contributed by atoms with Crippen LogP contribution < -0.4 is 10.6 Å². The molecule has 6 heteroatoms. The Morgan fingerprint density at radius 3 is 2.00 bits per heavy atom. The van der Waals surface area contributed by atoms with E-state index in [2.05, 4.69) is 10.6 Å². The number of rotatable bonds is 4. The molecule has 2 aromatic rings. The second-order valence-electron chi connectivity index (χ2n) is 5.88. The Morgan fingerprint density at radius 1 is 1.08 bits per heavy atom. The van der Waals surface area contributed by atoms with Gasteiger partial charge in [-0.25, -0.2) is 0 Å². The van der Waals surface area contributed by atoms with E-state index in [0.717, 1.165) is 11.1 Å². The van der Waals surface area contributed by atoms with Crippen molar-refractivity contribution in [3.8, 4) is 0 Å². The fourth-order valence-electron chi connectivity index (χ4n) is 3.16. The molecule has 128 valence electrons. The molecule has 2 amide bonds. The molecule has 1 fully saturated rings. The van der Waals surface area contributed by atoms with Gasteiger partial charge in [-0.2, -0.15) is 0 Å². The van der Waals surface area contributed by atoms with E-state index in [-0.39, 0.29) is 16.9 Å². The summed E-state index contributed by atoms with van der Waals surface area (Å²) in [6.07, 6.45) is 0. The molecule has 0 aliphatic carbocycles. The lowest BCUT2D eigenvalue weighted by atomic mass is 9.82. The smallest absolute Gasteiger partial charge is 0.264 e. The third-order valence-electron chi connectivity index (χ3n) is 4.48. The monoisotopic (exact) mass is 353 g/mol. The summed E-state index contributed by atoms with van der Waals surface area (Å²) in [6, 6.07) is 18.1. The van der Waals surface area contributed by atoms with E-state index in [1.54, 1.807) is 6.92 Å². The van der Waals surface area contributed by atoms with Crippen molar-refractivity contribution in [3.63, 3.8) is 0 Å². The quantitative estimate of drug-likeness (QED) is 0.823. The van der Waals surface area contributed by atoms with Crippen molar-refractivity contribution in [2.45, 2.75) is 18.5 Å². The number of amides is 2. The van der Waals surface area contributed by atoms with Gasteiger partial charge in [-0.3, -0.25) is 14.5 Å². The normalized spacial score (nSPS) is 17.1. The molecule has 1 aliphatic heterocycles. The fraction of sp³-hybridized carbons (Fsp3) is 0.211. The molecule has 1 saturated heterocycles. The van der Waals surface area contributed by atoms with Gasteiger partial charge in [0.1, 0.15) is 6.04 Å². The van der Waals surface area contributed by atoms with Gasteiger partial charge in [0.25, 0.3) is 5.91 Å². The summed E-state index contributed by atoms with van der Waals surface area (Å²) in [4.78, 5) is 26.9. The molecular weight excluding hydrogens is 334 g/mol. The van der Waals surface area contributed by atoms with Crippen LogP contribution in [0.15, 0.2) is 60.7 Å². The maximum absolute atomic E-state index is 13.5. The minimum absolute atomic E-state index is 0.244. The zero-order chi connectivity index (χ0) is 18.0. The lowest BCUT2D eigenvalue weighted by molar-refractivity contribution is -0.136. The van der Waals surface area contributed by atoms with Crippen molar-refractivity contribution in [2.24, 2.45) is 0 Å². The highest BCUT2D eigenvalue weighted by Crippen LogP contribution is 2.36. The van der Waals surface area contributed by atoms with Crippen LogP contribution in [0.4, 0.5) is 0 Å². The molecule has 3 rings (SSSR count). The highest BCUT2D eigenvalue weighted by molar-refractivity contribution is 7.80. The lowest BCUT2D eigenvalue weighted by Crippen LogP contribution is -2.49. The van der Waals surface area contributed by atoms with Gasteiger partial charge in [0.15, 0.2) is 10.7 Å². The third kappa shape index (κ3) is 2.68. The molecule has 5 nitrogen and oxygen atoms in total. The molecule has 0 aromatic heterocycles. The minimum atomic E-state index is -1.14. The number of carbonyl (C=O) groups excluding carboxylic acids is 2. The highest BCUT2D eigenvalue weighted by Gasteiger charge is 2.53. The number of benzene rings is 2. The number of carbonyl (C=O) groups is 2. The van der Waals surface area contributed by atoms with Crippen molar-refractivity contribution in [3.05, 3.63) is 71.8 Å². The van der Waals surface area contributed by atoms with Crippen LogP contribution >= 0.6 is 12.2 Å². The Morgan fingerprint density at radius 2 is 1.56 bits per heavy atom. The summed E-state index contributed by atoms with van der Waals surface area (Å²) >= 11 is 5.42. The van der Waals surface area contributed by atoms with Crippen molar-refractivity contribution < 1.29 is 9.59 Å². The van der Waals surface area contributed by atoms with Crippen molar-refractivity contribution >= 4 is 29.1 Å². The molecule has 1 unspecified atom stereocenters. The zero-order valence-corrected chi connectivity index (χ0v) is 14.8.